The Labute approximate surface area is 126 Å². The molecule has 0 spiro atoms. The highest BCUT2D eigenvalue weighted by Crippen LogP contribution is 2.20. The van der Waals surface area contributed by atoms with Gasteiger partial charge in [-0.15, -0.1) is 0 Å². The number of hydrogen-bond donors (Lipinski definition) is 2. The van der Waals surface area contributed by atoms with Gasteiger partial charge in [0.1, 0.15) is 11.6 Å². The molecule has 0 saturated heterocycles. The van der Waals surface area contributed by atoms with E-state index in [2.05, 4.69) is 15.3 Å². The van der Waals surface area contributed by atoms with E-state index in [9.17, 15) is 9.18 Å². The molecule has 2 rings (SSSR count). The van der Waals surface area contributed by atoms with Crippen LogP contribution in [0.1, 0.15) is 36.1 Å². The van der Waals surface area contributed by atoms with Crippen molar-refractivity contribution in [1.82, 2.24) is 9.97 Å². The third-order valence-corrected chi connectivity index (χ3v) is 2.98. The molecule has 0 fully saturated rings. The second kappa shape index (κ2) is 6.05. The number of halogens is 2. The van der Waals surface area contributed by atoms with Gasteiger partial charge < -0.3 is 11.1 Å². The van der Waals surface area contributed by atoms with Gasteiger partial charge in [0.25, 0.3) is 5.91 Å². The third kappa shape index (κ3) is 3.46. The van der Waals surface area contributed by atoms with E-state index >= 15 is 0 Å². The minimum absolute atomic E-state index is 0.00788. The van der Waals surface area contributed by atoms with Crippen molar-refractivity contribution in [2.24, 2.45) is 0 Å². The van der Waals surface area contributed by atoms with Crippen molar-refractivity contribution in [3.63, 3.8) is 0 Å². The molecular weight excluding hydrogens is 295 g/mol. The van der Waals surface area contributed by atoms with Crippen LogP contribution in [0.5, 0.6) is 0 Å². The van der Waals surface area contributed by atoms with Crippen molar-refractivity contribution < 1.29 is 9.18 Å². The zero-order chi connectivity index (χ0) is 15.6. The molecule has 0 saturated carbocycles. The first kappa shape index (κ1) is 15.2. The quantitative estimate of drug-likeness (QED) is 0.912. The molecule has 3 N–H and O–H groups in total. The first-order chi connectivity index (χ1) is 9.88. The average Bonchev–Trinajstić information content (AvgIpc) is 2.42. The molecule has 1 heterocycles. The highest BCUT2D eigenvalue weighted by Gasteiger charge is 2.16. The zero-order valence-electron chi connectivity index (χ0n) is 11.5. The second-order valence-corrected chi connectivity index (χ2v) is 5.20. The molecule has 0 aliphatic carbocycles. The summed E-state index contributed by atoms with van der Waals surface area (Å²) in [7, 11) is 0. The normalized spacial score (nSPS) is 10.7. The van der Waals surface area contributed by atoms with Crippen LogP contribution in [0.2, 0.25) is 5.02 Å². The van der Waals surface area contributed by atoms with Crippen LogP contribution < -0.4 is 11.1 Å². The van der Waals surface area contributed by atoms with E-state index in [-0.39, 0.29) is 28.0 Å². The van der Waals surface area contributed by atoms with Crippen LogP contribution in [0.25, 0.3) is 0 Å². The van der Waals surface area contributed by atoms with Crippen LogP contribution in [0.15, 0.2) is 24.4 Å². The molecule has 0 bridgehead atoms. The minimum atomic E-state index is -0.632. The van der Waals surface area contributed by atoms with Crippen LogP contribution in [0, 0.1) is 5.82 Å². The first-order valence-electron chi connectivity index (χ1n) is 6.27. The SMILES string of the molecule is CC(C)c1ncc(N)c(C(=O)Nc2ccc(Cl)cc2F)n1. The maximum Gasteiger partial charge on any atom is 0.276 e. The van der Waals surface area contributed by atoms with Gasteiger partial charge in [0, 0.05) is 10.9 Å². The molecule has 0 aliphatic heterocycles. The fourth-order valence-corrected chi connectivity index (χ4v) is 1.80. The summed E-state index contributed by atoms with van der Waals surface area (Å²) in [5.74, 6) is -0.694. The van der Waals surface area contributed by atoms with Gasteiger partial charge in [-0.05, 0) is 18.2 Å². The Kier molecular flexibility index (Phi) is 4.37. The van der Waals surface area contributed by atoms with Gasteiger partial charge in [0.2, 0.25) is 0 Å². The highest BCUT2D eigenvalue weighted by atomic mass is 35.5. The number of carbonyl (C=O) groups is 1. The number of benzene rings is 1. The standard InChI is InChI=1S/C14H14ClFN4O/c1-7(2)13-18-6-10(17)12(20-13)14(21)19-11-4-3-8(15)5-9(11)16/h3-7H,17H2,1-2H3,(H,19,21). The average molecular weight is 309 g/mol. The zero-order valence-corrected chi connectivity index (χ0v) is 12.3. The van der Waals surface area contributed by atoms with Gasteiger partial charge in [-0.2, -0.15) is 0 Å². The van der Waals surface area contributed by atoms with Crippen molar-refractivity contribution in [2.75, 3.05) is 11.1 Å². The molecule has 1 aromatic carbocycles. The predicted octanol–water partition coefficient (Wildman–Crippen LogP) is 3.23. The third-order valence-electron chi connectivity index (χ3n) is 2.75. The lowest BCUT2D eigenvalue weighted by atomic mass is 10.2. The molecule has 21 heavy (non-hydrogen) atoms. The molecule has 2 aromatic rings. The maximum atomic E-state index is 13.7. The molecule has 0 atom stereocenters. The number of hydrogen-bond acceptors (Lipinski definition) is 4. The van der Waals surface area contributed by atoms with Gasteiger partial charge in [-0.3, -0.25) is 4.79 Å². The second-order valence-electron chi connectivity index (χ2n) is 4.77. The monoisotopic (exact) mass is 308 g/mol. The topological polar surface area (TPSA) is 80.9 Å². The number of aromatic nitrogens is 2. The van der Waals surface area contributed by atoms with Crippen LogP contribution in [0.3, 0.4) is 0 Å². The Balaban J connectivity index is 2.30. The molecule has 0 radical (unpaired) electrons. The number of nitrogens with one attached hydrogen (secondary N) is 1. The molecule has 1 amide bonds. The smallest absolute Gasteiger partial charge is 0.276 e. The summed E-state index contributed by atoms with van der Waals surface area (Å²) in [6.07, 6.45) is 1.37. The molecule has 110 valence electrons. The molecule has 5 nitrogen and oxygen atoms in total. The van der Waals surface area contributed by atoms with Gasteiger partial charge in [0.05, 0.1) is 17.6 Å². The van der Waals surface area contributed by atoms with E-state index in [4.69, 9.17) is 17.3 Å². The summed E-state index contributed by atoms with van der Waals surface area (Å²) < 4.78 is 13.7. The summed E-state index contributed by atoms with van der Waals surface area (Å²) in [4.78, 5) is 20.3. The number of amides is 1. The fraction of sp³-hybridized carbons (Fsp3) is 0.214. The summed E-state index contributed by atoms with van der Waals surface area (Å²) in [6.45, 7) is 3.79. The van der Waals surface area contributed by atoms with E-state index < -0.39 is 11.7 Å². The highest BCUT2D eigenvalue weighted by molar-refractivity contribution is 6.30. The lowest BCUT2D eigenvalue weighted by Gasteiger charge is -2.10. The summed E-state index contributed by atoms with van der Waals surface area (Å²) >= 11 is 5.66. The Morgan fingerprint density at radius 3 is 2.76 bits per heavy atom. The minimum Gasteiger partial charge on any atom is -0.396 e. The van der Waals surface area contributed by atoms with E-state index in [0.29, 0.717) is 5.82 Å². The van der Waals surface area contributed by atoms with E-state index in [1.54, 1.807) is 0 Å². The van der Waals surface area contributed by atoms with Crippen LogP contribution in [-0.2, 0) is 0 Å². The Morgan fingerprint density at radius 2 is 2.14 bits per heavy atom. The molecule has 7 heteroatoms. The van der Waals surface area contributed by atoms with Gasteiger partial charge in [0.15, 0.2) is 5.69 Å². The summed E-state index contributed by atoms with van der Waals surface area (Å²) in [6, 6.07) is 3.96. The summed E-state index contributed by atoms with van der Waals surface area (Å²) in [5.41, 5.74) is 5.86. The number of rotatable bonds is 3. The van der Waals surface area contributed by atoms with Crippen molar-refractivity contribution in [2.45, 2.75) is 19.8 Å². The lowest BCUT2D eigenvalue weighted by molar-refractivity contribution is 0.102. The van der Waals surface area contributed by atoms with Gasteiger partial charge in [-0.25, -0.2) is 14.4 Å². The van der Waals surface area contributed by atoms with Crippen molar-refractivity contribution in [3.05, 3.63) is 46.8 Å². The van der Waals surface area contributed by atoms with Crippen LogP contribution in [0.4, 0.5) is 15.8 Å². The number of anilines is 2. The van der Waals surface area contributed by atoms with Gasteiger partial charge >= 0.3 is 0 Å². The first-order valence-corrected chi connectivity index (χ1v) is 6.65. The Bertz CT molecular complexity index is 691. The number of nitrogen functional groups attached to an aromatic ring is 1. The molecule has 1 aromatic heterocycles. The molecule has 0 aliphatic rings. The number of nitrogens with two attached hydrogens (primary N) is 1. The number of carbonyl (C=O) groups excluding carboxylic acids is 1. The molecular formula is C14H14ClFN4O. The molecule has 0 unspecified atom stereocenters. The van der Waals surface area contributed by atoms with Crippen LogP contribution >= 0.6 is 11.6 Å². The van der Waals surface area contributed by atoms with Gasteiger partial charge in [-0.1, -0.05) is 25.4 Å². The predicted molar refractivity (Wildman–Crippen MR) is 79.9 cm³/mol. The van der Waals surface area contributed by atoms with E-state index in [1.165, 1.54) is 18.3 Å². The maximum absolute atomic E-state index is 13.7. The largest absolute Gasteiger partial charge is 0.396 e. The van der Waals surface area contributed by atoms with E-state index in [0.717, 1.165) is 6.07 Å². The fourth-order valence-electron chi connectivity index (χ4n) is 1.64. The lowest BCUT2D eigenvalue weighted by Crippen LogP contribution is -2.18. The van der Waals surface area contributed by atoms with E-state index in [1.807, 2.05) is 13.8 Å². The van der Waals surface area contributed by atoms with Crippen LogP contribution in [-0.4, -0.2) is 15.9 Å². The van der Waals surface area contributed by atoms with Crippen molar-refractivity contribution in [1.29, 1.82) is 0 Å². The van der Waals surface area contributed by atoms with Crippen molar-refractivity contribution >= 4 is 28.9 Å². The Hall–Kier alpha value is -2.21. The number of nitrogens with zero attached hydrogens (tertiary/aromatic N) is 2. The van der Waals surface area contributed by atoms with Crippen molar-refractivity contribution in [3.8, 4) is 0 Å². The summed E-state index contributed by atoms with van der Waals surface area (Å²) in [5, 5.41) is 2.66. The Morgan fingerprint density at radius 1 is 1.43 bits per heavy atom.